The van der Waals surface area contributed by atoms with E-state index in [1.165, 1.54) is 13.2 Å². The zero-order valence-corrected chi connectivity index (χ0v) is 11.6. The Morgan fingerprint density at radius 3 is 2.55 bits per heavy atom. The second kappa shape index (κ2) is 6.20. The number of ether oxygens (including phenoxy) is 1. The highest BCUT2D eigenvalue weighted by Gasteiger charge is 2.14. The maximum absolute atomic E-state index is 13.2. The quantitative estimate of drug-likeness (QED) is 0.930. The Hall–Kier alpha value is -1.65. The van der Waals surface area contributed by atoms with Crippen LogP contribution in [0.4, 0.5) is 8.78 Å². The molecule has 0 fully saturated rings. The largest absolute Gasteiger partial charge is 0.496 e. The van der Waals surface area contributed by atoms with Crippen molar-refractivity contribution in [3.05, 3.63) is 64.2 Å². The Morgan fingerprint density at radius 1 is 1.15 bits per heavy atom. The van der Waals surface area contributed by atoms with E-state index in [0.717, 1.165) is 17.7 Å². The first-order valence-electron chi connectivity index (χ1n) is 6.04. The summed E-state index contributed by atoms with van der Waals surface area (Å²) in [5.41, 5.74) is 7.49. The van der Waals surface area contributed by atoms with E-state index in [2.05, 4.69) is 0 Å². The summed E-state index contributed by atoms with van der Waals surface area (Å²) in [5.74, 6) is -1.17. The average molecular weight is 298 g/mol. The smallest absolute Gasteiger partial charge is 0.159 e. The Kier molecular flexibility index (Phi) is 4.57. The standard InChI is InChI=1S/C15H14ClF2NO/c1-20-15-8-10(16)3-4-11(15)14(19)7-9-2-5-12(17)13(18)6-9/h2-6,8,14H,7,19H2,1H3. The molecule has 0 saturated heterocycles. The number of rotatable bonds is 4. The molecular weight excluding hydrogens is 284 g/mol. The van der Waals surface area contributed by atoms with Crippen LogP contribution in [0.15, 0.2) is 36.4 Å². The third-order valence-corrected chi connectivity index (χ3v) is 3.27. The van der Waals surface area contributed by atoms with E-state index in [9.17, 15) is 8.78 Å². The summed E-state index contributed by atoms with van der Waals surface area (Å²) < 4.78 is 31.3. The molecule has 0 heterocycles. The number of nitrogens with two attached hydrogens (primary N) is 1. The zero-order valence-electron chi connectivity index (χ0n) is 10.9. The lowest BCUT2D eigenvalue weighted by Crippen LogP contribution is -2.14. The minimum absolute atomic E-state index is 0.370. The van der Waals surface area contributed by atoms with Crippen molar-refractivity contribution < 1.29 is 13.5 Å². The number of halogens is 3. The summed E-state index contributed by atoms with van der Waals surface area (Å²) in [6.07, 6.45) is 0.370. The SMILES string of the molecule is COc1cc(Cl)ccc1C(N)Cc1ccc(F)c(F)c1. The molecule has 0 aliphatic rings. The van der Waals surface area contributed by atoms with E-state index in [4.69, 9.17) is 22.1 Å². The molecule has 2 aromatic rings. The van der Waals surface area contributed by atoms with E-state index in [1.807, 2.05) is 0 Å². The van der Waals surface area contributed by atoms with Crippen molar-refractivity contribution in [1.82, 2.24) is 0 Å². The first-order valence-corrected chi connectivity index (χ1v) is 6.42. The second-order valence-corrected chi connectivity index (χ2v) is 4.88. The topological polar surface area (TPSA) is 35.2 Å². The lowest BCUT2D eigenvalue weighted by molar-refractivity contribution is 0.405. The van der Waals surface area contributed by atoms with Gasteiger partial charge in [-0.2, -0.15) is 0 Å². The van der Waals surface area contributed by atoms with Gasteiger partial charge in [-0.3, -0.25) is 0 Å². The van der Waals surface area contributed by atoms with Crippen LogP contribution in [0.25, 0.3) is 0 Å². The fourth-order valence-electron chi connectivity index (χ4n) is 2.02. The highest BCUT2D eigenvalue weighted by Crippen LogP contribution is 2.29. The molecule has 0 amide bonds. The maximum atomic E-state index is 13.2. The van der Waals surface area contributed by atoms with Crippen LogP contribution in [0.2, 0.25) is 5.02 Å². The summed E-state index contributed by atoms with van der Waals surface area (Å²) >= 11 is 5.89. The third-order valence-electron chi connectivity index (χ3n) is 3.03. The van der Waals surface area contributed by atoms with Crippen molar-refractivity contribution in [1.29, 1.82) is 0 Å². The number of benzene rings is 2. The van der Waals surface area contributed by atoms with Gasteiger partial charge >= 0.3 is 0 Å². The Morgan fingerprint density at radius 2 is 1.90 bits per heavy atom. The molecule has 0 saturated carbocycles. The van der Waals surface area contributed by atoms with Gasteiger partial charge in [-0.25, -0.2) is 8.78 Å². The molecule has 20 heavy (non-hydrogen) atoms. The van der Waals surface area contributed by atoms with Gasteiger partial charge in [-0.15, -0.1) is 0 Å². The van der Waals surface area contributed by atoms with Gasteiger partial charge in [0.25, 0.3) is 0 Å². The summed E-state index contributed by atoms with van der Waals surface area (Å²) in [4.78, 5) is 0. The molecule has 1 unspecified atom stereocenters. The van der Waals surface area contributed by atoms with Crippen LogP contribution in [0.5, 0.6) is 5.75 Å². The van der Waals surface area contributed by atoms with Crippen molar-refractivity contribution in [2.75, 3.05) is 7.11 Å². The fraction of sp³-hybridized carbons (Fsp3) is 0.200. The lowest BCUT2D eigenvalue weighted by Gasteiger charge is -2.16. The van der Waals surface area contributed by atoms with Crippen molar-refractivity contribution in [3.63, 3.8) is 0 Å². The van der Waals surface area contributed by atoms with E-state index in [-0.39, 0.29) is 0 Å². The van der Waals surface area contributed by atoms with Gasteiger partial charge in [0.2, 0.25) is 0 Å². The van der Waals surface area contributed by atoms with Crippen molar-refractivity contribution in [3.8, 4) is 5.75 Å². The highest BCUT2D eigenvalue weighted by atomic mass is 35.5. The van der Waals surface area contributed by atoms with Crippen molar-refractivity contribution >= 4 is 11.6 Å². The number of methoxy groups -OCH3 is 1. The zero-order chi connectivity index (χ0) is 14.7. The molecule has 0 bridgehead atoms. The summed E-state index contributed by atoms with van der Waals surface area (Å²) in [6.45, 7) is 0. The molecule has 2 nitrogen and oxygen atoms in total. The lowest BCUT2D eigenvalue weighted by atomic mass is 9.99. The van der Waals surface area contributed by atoms with Gasteiger partial charge in [0, 0.05) is 16.6 Å². The van der Waals surface area contributed by atoms with Gasteiger partial charge in [0.05, 0.1) is 7.11 Å². The minimum Gasteiger partial charge on any atom is -0.496 e. The molecule has 0 aromatic heterocycles. The van der Waals surface area contributed by atoms with Gasteiger partial charge in [0.15, 0.2) is 11.6 Å². The second-order valence-electron chi connectivity index (χ2n) is 4.45. The van der Waals surface area contributed by atoms with Gasteiger partial charge in [-0.1, -0.05) is 23.7 Å². The molecule has 0 aliphatic heterocycles. The van der Waals surface area contributed by atoms with Gasteiger partial charge in [-0.05, 0) is 36.2 Å². The Balaban J connectivity index is 2.23. The number of hydrogen-bond donors (Lipinski definition) is 1. The summed E-state index contributed by atoms with van der Waals surface area (Å²) in [6, 6.07) is 8.51. The van der Waals surface area contributed by atoms with Crippen molar-refractivity contribution in [2.45, 2.75) is 12.5 Å². The van der Waals surface area contributed by atoms with E-state index in [0.29, 0.717) is 22.8 Å². The van der Waals surface area contributed by atoms with Gasteiger partial charge in [0.1, 0.15) is 5.75 Å². The molecule has 0 spiro atoms. The monoisotopic (exact) mass is 297 g/mol. The predicted octanol–water partition coefficient (Wildman–Crippen LogP) is 3.87. The van der Waals surface area contributed by atoms with Crippen LogP contribution < -0.4 is 10.5 Å². The predicted molar refractivity (Wildman–Crippen MR) is 75.0 cm³/mol. The van der Waals surface area contributed by atoms with Gasteiger partial charge < -0.3 is 10.5 Å². The van der Waals surface area contributed by atoms with Crippen molar-refractivity contribution in [2.24, 2.45) is 5.73 Å². The maximum Gasteiger partial charge on any atom is 0.159 e. The normalized spacial score (nSPS) is 12.2. The Labute approximate surface area is 121 Å². The molecule has 5 heteroatoms. The molecule has 106 valence electrons. The molecule has 1 atom stereocenters. The molecule has 2 N–H and O–H groups in total. The molecule has 0 radical (unpaired) electrons. The molecular formula is C15H14ClF2NO. The van der Waals surface area contributed by atoms with Crippen LogP contribution in [0.1, 0.15) is 17.2 Å². The minimum atomic E-state index is -0.877. The van der Waals surface area contributed by atoms with Crippen LogP contribution in [0, 0.1) is 11.6 Å². The third kappa shape index (κ3) is 3.26. The molecule has 2 aromatic carbocycles. The molecule has 2 rings (SSSR count). The number of hydrogen-bond acceptors (Lipinski definition) is 2. The van der Waals surface area contributed by atoms with E-state index < -0.39 is 17.7 Å². The van der Waals surface area contributed by atoms with Crippen LogP contribution >= 0.6 is 11.6 Å². The summed E-state index contributed by atoms with van der Waals surface area (Å²) in [5, 5.41) is 0.547. The highest BCUT2D eigenvalue weighted by molar-refractivity contribution is 6.30. The van der Waals surface area contributed by atoms with Crippen LogP contribution in [0.3, 0.4) is 0 Å². The summed E-state index contributed by atoms with van der Waals surface area (Å²) in [7, 11) is 1.53. The average Bonchev–Trinajstić information content (AvgIpc) is 2.42. The fourth-order valence-corrected chi connectivity index (χ4v) is 2.18. The van der Waals surface area contributed by atoms with Crippen LogP contribution in [-0.2, 0) is 6.42 Å². The van der Waals surface area contributed by atoms with E-state index in [1.54, 1.807) is 18.2 Å². The first-order chi connectivity index (χ1) is 9.51. The van der Waals surface area contributed by atoms with Crippen LogP contribution in [-0.4, -0.2) is 7.11 Å². The van der Waals surface area contributed by atoms with E-state index >= 15 is 0 Å². The molecule has 0 aliphatic carbocycles. The Bertz CT molecular complexity index is 619. The first kappa shape index (κ1) is 14.8.